The van der Waals surface area contributed by atoms with Crippen LogP contribution in [0, 0.1) is 0 Å². The summed E-state index contributed by atoms with van der Waals surface area (Å²) in [7, 11) is 3.15. The van der Waals surface area contributed by atoms with Crippen molar-refractivity contribution >= 4 is 17.5 Å². The van der Waals surface area contributed by atoms with Gasteiger partial charge in [0, 0.05) is 22.9 Å². The molecule has 2 N–H and O–H groups in total. The van der Waals surface area contributed by atoms with Gasteiger partial charge in [0.05, 0.1) is 26.7 Å². The van der Waals surface area contributed by atoms with Gasteiger partial charge in [0.1, 0.15) is 11.5 Å². The van der Waals surface area contributed by atoms with Crippen LogP contribution in [0.5, 0.6) is 11.5 Å². The Morgan fingerprint density at radius 1 is 0.903 bits per heavy atom. The maximum absolute atomic E-state index is 12.6. The summed E-state index contributed by atoms with van der Waals surface area (Å²) in [5.74, 6) is 0.965. The number of carbonyl (C=O) groups is 2. The van der Waals surface area contributed by atoms with Crippen LogP contribution in [0.25, 0.3) is 0 Å². The predicted octanol–water partition coefficient (Wildman–Crippen LogP) is 4.38. The van der Waals surface area contributed by atoms with Crippen LogP contribution in [-0.4, -0.2) is 26.0 Å². The number of hydrogen-bond donors (Lipinski definition) is 2. The summed E-state index contributed by atoms with van der Waals surface area (Å²) < 4.78 is 10.6. The summed E-state index contributed by atoms with van der Waals surface area (Å²) in [6.45, 7) is 1.90. The van der Waals surface area contributed by atoms with E-state index in [1.807, 2.05) is 55.5 Å². The van der Waals surface area contributed by atoms with Crippen molar-refractivity contribution in [3.63, 3.8) is 0 Å². The fourth-order valence-corrected chi connectivity index (χ4v) is 3.23. The zero-order valence-corrected chi connectivity index (χ0v) is 17.8. The molecule has 160 valence electrons. The molecule has 3 rings (SSSR count). The Hall–Kier alpha value is -3.80. The molecular weight excluding hydrogens is 392 g/mol. The first-order valence-corrected chi connectivity index (χ1v) is 9.96. The van der Waals surface area contributed by atoms with E-state index in [9.17, 15) is 9.59 Å². The Balaban J connectivity index is 1.64. The molecule has 6 heteroatoms. The molecule has 1 unspecified atom stereocenters. The number of rotatable bonds is 8. The molecule has 0 aliphatic heterocycles. The molecule has 2 amide bonds. The molecule has 6 nitrogen and oxygen atoms in total. The van der Waals surface area contributed by atoms with Gasteiger partial charge in [-0.05, 0) is 42.8 Å². The first kappa shape index (κ1) is 21.9. The molecule has 0 fully saturated rings. The van der Waals surface area contributed by atoms with E-state index in [0.29, 0.717) is 22.7 Å². The van der Waals surface area contributed by atoms with E-state index in [4.69, 9.17) is 9.47 Å². The highest BCUT2D eigenvalue weighted by Gasteiger charge is 2.14. The predicted molar refractivity (Wildman–Crippen MR) is 121 cm³/mol. The van der Waals surface area contributed by atoms with E-state index < -0.39 is 0 Å². The number of methoxy groups -OCH3 is 2. The number of carbonyl (C=O) groups excluding carboxylic acids is 2. The minimum absolute atomic E-state index is 0.130. The van der Waals surface area contributed by atoms with Crippen LogP contribution in [0.1, 0.15) is 34.5 Å². The third-order valence-electron chi connectivity index (χ3n) is 4.90. The summed E-state index contributed by atoms with van der Waals surface area (Å²) in [5, 5.41) is 5.89. The largest absolute Gasteiger partial charge is 0.497 e. The van der Waals surface area contributed by atoms with E-state index in [2.05, 4.69) is 10.6 Å². The normalized spacial score (nSPS) is 11.3. The SMILES string of the molecule is COc1ccc(CC(=O)NC(C)c2cccc(NC(=O)c3ccccc3)c2)c(OC)c1. The lowest BCUT2D eigenvalue weighted by atomic mass is 10.1. The molecule has 0 heterocycles. The van der Waals surface area contributed by atoms with Crippen LogP contribution in [0.4, 0.5) is 5.69 Å². The Bertz CT molecular complexity index is 1050. The van der Waals surface area contributed by atoms with Gasteiger partial charge in [-0.25, -0.2) is 0 Å². The molecule has 0 bridgehead atoms. The summed E-state index contributed by atoms with van der Waals surface area (Å²) in [6.07, 6.45) is 0.182. The van der Waals surface area contributed by atoms with Crippen molar-refractivity contribution in [3.8, 4) is 11.5 Å². The Morgan fingerprint density at radius 3 is 2.39 bits per heavy atom. The molecule has 1 atom stereocenters. The van der Waals surface area contributed by atoms with Crippen molar-refractivity contribution in [2.75, 3.05) is 19.5 Å². The van der Waals surface area contributed by atoms with Gasteiger partial charge in [-0.1, -0.05) is 36.4 Å². The molecule has 0 aromatic heterocycles. The van der Waals surface area contributed by atoms with E-state index in [-0.39, 0.29) is 24.3 Å². The number of anilines is 1. The number of benzene rings is 3. The van der Waals surface area contributed by atoms with Crippen molar-refractivity contribution in [2.45, 2.75) is 19.4 Å². The molecular formula is C25H26N2O4. The second-order valence-corrected chi connectivity index (χ2v) is 7.09. The third-order valence-corrected chi connectivity index (χ3v) is 4.90. The van der Waals surface area contributed by atoms with Crippen LogP contribution in [0.3, 0.4) is 0 Å². The number of amides is 2. The van der Waals surface area contributed by atoms with Crippen LogP contribution in [-0.2, 0) is 11.2 Å². The maximum atomic E-state index is 12.6. The second kappa shape index (κ2) is 10.3. The number of ether oxygens (including phenoxy) is 2. The highest BCUT2D eigenvalue weighted by atomic mass is 16.5. The fraction of sp³-hybridized carbons (Fsp3) is 0.200. The number of nitrogens with one attached hydrogen (secondary N) is 2. The van der Waals surface area contributed by atoms with Crippen molar-refractivity contribution in [1.29, 1.82) is 0 Å². The molecule has 0 radical (unpaired) electrons. The first-order valence-electron chi connectivity index (χ1n) is 9.96. The molecule has 0 saturated heterocycles. The van der Waals surface area contributed by atoms with Gasteiger partial charge >= 0.3 is 0 Å². The van der Waals surface area contributed by atoms with Crippen molar-refractivity contribution in [3.05, 3.63) is 89.5 Å². The molecule has 3 aromatic carbocycles. The zero-order valence-electron chi connectivity index (χ0n) is 17.8. The Kier molecular flexibility index (Phi) is 7.27. The lowest BCUT2D eigenvalue weighted by Crippen LogP contribution is -2.28. The van der Waals surface area contributed by atoms with Crippen LogP contribution >= 0.6 is 0 Å². The van der Waals surface area contributed by atoms with Crippen LogP contribution < -0.4 is 20.1 Å². The van der Waals surface area contributed by atoms with Crippen molar-refractivity contribution < 1.29 is 19.1 Å². The van der Waals surface area contributed by atoms with E-state index in [1.54, 1.807) is 38.5 Å². The molecule has 31 heavy (non-hydrogen) atoms. The van der Waals surface area contributed by atoms with Crippen molar-refractivity contribution in [2.24, 2.45) is 0 Å². The lowest BCUT2D eigenvalue weighted by molar-refractivity contribution is -0.121. The maximum Gasteiger partial charge on any atom is 0.255 e. The fourth-order valence-electron chi connectivity index (χ4n) is 3.23. The standard InChI is InChI=1S/C25H26N2O4/c1-17(26-24(28)15-20-12-13-22(30-2)16-23(20)31-3)19-10-7-11-21(14-19)27-25(29)18-8-5-4-6-9-18/h4-14,16-17H,15H2,1-3H3,(H,26,28)(H,27,29). The molecule has 0 saturated carbocycles. The van der Waals surface area contributed by atoms with E-state index in [1.165, 1.54) is 0 Å². The average molecular weight is 418 g/mol. The average Bonchev–Trinajstić information content (AvgIpc) is 2.80. The van der Waals surface area contributed by atoms with Gasteiger partial charge < -0.3 is 20.1 Å². The monoisotopic (exact) mass is 418 g/mol. The highest BCUT2D eigenvalue weighted by molar-refractivity contribution is 6.04. The van der Waals surface area contributed by atoms with Gasteiger partial charge in [0.2, 0.25) is 5.91 Å². The minimum atomic E-state index is -0.231. The zero-order chi connectivity index (χ0) is 22.2. The van der Waals surface area contributed by atoms with Gasteiger partial charge in [0.25, 0.3) is 5.91 Å². The summed E-state index contributed by atoms with van der Waals surface area (Å²) in [4.78, 5) is 25.0. The summed E-state index contributed by atoms with van der Waals surface area (Å²) >= 11 is 0. The summed E-state index contributed by atoms with van der Waals surface area (Å²) in [6, 6.07) is 21.6. The molecule has 0 spiro atoms. The third kappa shape index (κ3) is 5.85. The molecule has 3 aromatic rings. The van der Waals surface area contributed by atoms with Gasteiger partial charge in [-0.3, -0.25) is 9.59 Å². The number of hydrogen-bond acceptors (Lipinski definition) is 4. The molecule has 0 aliphatic carbocycles. The smallest absolute Gasteiger partial charge is 0.255 e. The first-order chi connectivity index (χ1) is 15.0. The van der Waals surface area contributed by atoms with Crippen LogP contribution in [0.2, 0.25) is 0 Å². The minimum Gasteiger partial charge on any atom is -0.497 e. The van der Waals surface area contributed by atoms with Gasteiger partial charge in [-0.2, -0.15) is 0 Å². The van der Waals surface area contributed by atoms with E-state index in [0.717, 1.165) is 11.1 Å². The lowest BCUT2D eigenvalue weighted by Gasteiger charge is -2.17. The Morgan fingerprint density at radius 2 is 1.68 bits per heavy atom. The highest BCUT2D eigenvalue weighted by Crippen LogP contribution is 2.25. The second-order valence-electron chi connectivity index (χ2n) is 7.09. The summed E-state index contributed by atoms with van der Waals surface area (Å²) in [5.41, 5.74) is 2.92. The van der Waals surface area contributed by atoms with E-state index >= 15 is 0 Å². The van der Waals surface area contributed by atoms with Crippen LogP contribution in [0.15, 0.2) is 72.8 Å². The quantitative estimate of drug-likeness (QED) is 0.569. The van der Waals surface area contributed by atoms with Gasteiger partial charge in [0.15, 0.2) is 0 Å². The Labute approximate surface area is 182 Å². The topological polar surface area (TPSA) is 76.7 Å². The molecule has 0 aliphatic rings. The van der Waals surface area contributed by atoms with Crippen molar-refractivity contribution in [1.82, 2.24) is 5.32 Å². The van der Waals surface area contributed by atoms with Gasteiger partial charge in [-0.15, -0.1) is 0 Å².